The highest BCUT2D eigenvalue weighted by molar-refractivity contribution is 7.97. The molecule has 0 fully saturated rings. The van der Waals surface area contributed by atoms with Gasteiger partial charge in [0.05, 0.1) is 11.8 Å². The fourth-order valence-electron chi connectivity index (χ4n) is 2.06. The Morgan fingerprint density at radius 2 is 1.56 bits per heavy atom. The van der Waals surface area contributed by atoms with E-state index < -0.39 is 17.7 Å². The summed E-state index contributed by atoms with van der Waals surface area (Å²) >= 11 is 1.17. The third kappa shape index (κ3) is 4.00. The summed E-state index contributed by atoms with van der Waals surface area (Å²) in [5, 5.41) is 16.0. The molecule has 5 nitrogen and oxygen atoms in total. The van der Waals surface area contributed by atoms with Crippen LogP contribution in [0.4, 0.5) is 13.2 Å². The van der Waals surface area contributed by atoms with Crippen molar-refractivity contribution in [3.05, 3.63) is 66.0 Å². The molecule has 0 spiro atoms. The van der Waals surface area contributed by atoms with Crippen molar-refractivity contribution in [2.45, 2.75) is 11.1 Å². The maximum Gasteiger partial charge on any atom is 0.416 e. The number of hydrogen-bond acceptors (Lipinski definition) is 4. The minimum atomic E-state index is -4.36. The number of carboxylic acid groups (broad SMARTS) is 1. The second kappa shape index (κ2) is 6.60. The molecule has 0 saturated heterocycles. The molecular weight excluding hydrogens is 355 g/mol. The number of carboxylic acids is 1. The summed E-state index contributed by atoms with van der Waals surface area (Å²) in [5.41, 5.74) is 0.582. The highest BCUT2D eigenvalue weighted by Crippen LogP contribution is 2.31. The average molecular weight is 365 g/mol. The molecular formula is C16H10F3N3O2S. The van der Waals surface area contributed by atoms with Gasteiger partial charge in [-0.15, -0.1) is 5.10 Å². The van der Waals surface area contributed by atoms with Crippen LogP contribution in [-0.2, 0) is 6.18 Å². The molecule has 0 amide bonds. The molecule has 0 saturated carbocycles. The number of rotatable bonds is 4. The molecule has 0 aliphatic heterocycles. The van der Waals surface area contributed by atoms with E-state index in [9.17, 15) is 18.0 Å². The van der Waals surface area contributed by atoms with Crippen LogP contribution in [0.3, 0.4) is 0 Å². The summed E-state index contributed by atoms with van der Waals surface area (Å²) in [6.45, 7) is 0. The first-order chi connectivity index (χ1) is 11.8. The van der Waals surface area contributed by atoms with Crippen molar-refractivity contribution in [2.24, 2.45) is 0 Å². The maximum absolute atomic E-state index is 12.6. The summed E-state index contributed by atoms with van der Waals surface area (Å²) in [4.78, 5) is 11.5. The SMILES string of the molecule is O=C(O)c1cn(Sc2ccc(-c3ccc(C(F)(F)F)cc3)cc2)nn1. The van der Waals surface area contributed by atoms with E-state index in [1.54, 1.807) is 24.3 Å². The Bertz CT molecular complexity index is 890. The molecule has 1 aromatic heterocycles. The smallest absolute Gasteiger partial charge is 0.416 e. The zero-order valence-corrected chi connectivity index (χ0v) is 13.3. The minimum Gasteiger partial charge on any atom is -0.476 e. The highest BCUT2D eigenvalue weighted by Gasteiger charge is 2.29. The van der Waals surface area contributed by atoms with Crippen molar-refractivity contribution in [1.29, 1.82) is 0 Å². The molecule has 0 atom stereocenters. The Labute approximate surface area is 144 Å². The molecule has 3 rings (SSSR count). The first kappa shape index (κ1) is 17.0. The lowest BCUT2D eigenvalue weighted by Gasteiger charge is -2.08. The number of alkyl halides is 3. The molecule has 2 aromatic carbocycles. The number of halogens is 3. The second-order valence-electron chi connectivity index (χ2n) is 5.00. The van der Waals surface area contributed by atoms with Gasteiger partial charge in [0, 0.05) is 16.8 Å². The van der Waals surface area contributed by atoms with Crippen molar-refractivity contribution in [3.63, 3.8) is 0 Å². The van der Waals surface area contributed by atoms with Crippen LogP contribution in [0.25, 0.3) is 11.1 Å². The Morgan fingerprint density at radius 3 is 2.04 bits per heavy atom. The van der Waals surface area contributed by atoms with Gasteiger partial charge in [-0.1, -0.05) is 29.5 Å². The van der Waals surface area contributed by atoms with Gasteiger partial charge in [-0.25, -0.2) is 4.79 Å². The topological polar surface area (TPSA) is 68.0 Å². The van der Waals surface area contributed by atoms with E-state index >= 15 is 0 Å². The monoisotopic (exact) mass is 365 g/mol. The number of benzene rings is 2. The van der Waals surface area contributed by atoms with Crippen LogP contribution in [0.5, 0.6) is 0 Å². The Hall–Kier alpha value is -2.81. The summed E-state index contributed by atoms with van der Waals surface area (Å²) in [5.74, 6) is -1.16. The number of aromatic nitrogens is 3. The number of nitrogens with zero attached hydrogens (tertiary/aromatic N) is 3. The Balaban J connectivity index is 1.74. The summed E-state index contributed by atoms with van der Waals surface area (Å²) in [6.07, 6.45) is -3.07. The van der Waals surface area contributed by atoms with E-state index in [1.165, 1.54) is 34.4 Å². The van der Waals surface area contributed by atoms with Gasteiger partial charge in [0.15, 0.2) is 5.69 Å². The molecule has 1 N–H and O–H groups in total. The first-order valence-corrected chi connectivity index (χ1v) is 7.72. The largest absolute Gasteiger partial charge is 0.476 e. The van der Waals surface area contributed by atoms with Gasteiger partial charge in [-0.2, -0.15) is 17.3 Å². The molecule has 0 aliphatic rings. The first-order valence-electron chi connectivity index (χ1n) is 6.94. The lowest BCUT2D eigenvalue weighted by molar-refractivity contribution is -0.137. The summed E-state index contributed by atoms with van der Waals surface area (Å²) in [7, 11) is 0. The second-order valence-corrected chi connectivity index (χ2v) is 6.03. The van der Waals surface area contributed by atoms with Crippen LogP contribution in [0.2, 0.25) is 0 Å². The molecule has 0 radical (unpaired) electrons. The maximum atomic E-state index is 12.6. The quantitative estimate of drug-likeness (QED) is 0.750. The molecule has 0 bridgehead atoms. The van der Waals surface area contributed by atoms with Crippen LogP contribution in [0, 0.1) is 0 Å². The van der Waals surface area contributed by atoms with Gasteiger partial charge in [0.1, 0.15) is 0 Å². The van der Waals surface area contributed by atoms with E-state index in [4.69, 9.17) is 5.11 Å². The van der Waals surface area contributed by atoms with E-state index in [2.05, 4.69) is 10.3 Å². The van der Waals surface area contributed by atoms with Gasteiger partial charge in [-0.05, 0) is 35.4 Å². The van der Waals surface area contributed by atoms with Crippen LogP contribution in [0.1, 0.15) is 16.1 Å². The fourth-order valence-corrected chi connectivity index (χ4v) is 2.76. The molecule has 1 heterocycles. The van der Waals surface area contributed by atoms with Gasteiger partial charge in [0.25, 0.3) is 0 Å². The van der Waals surface area contributed by atoms with E-state index in [-0.39, 0.29) is 5.69 Å². The fraction of sp³-hybridized carbons (Fsp3) is 0.0625. The van der Waals surface area contributed by atoms with E-state index in [1.807, 2.05) is 0 Å². The third-order valence-electron chi connectivity index (χ3n) is 3.29. The molecule has 0 unspecified atom stereocenters. The van der Waals surface area contributed by atoms with Crippen LogP contribution in [0.15, 0.2) is 59.6 Å². The van der Waals surface area contributed by atoms with Gasteiger partial charge in [0.2, 0.25) is 0 Å². The normalized spacial score (nSPS) is 11.5. The summed E-state index contributed by atoms with van der Waals surface area (Å²) in [6, 6.07) is 12.0. The van der Waals surface area contributed by atoms with Crippen LogP contribution >= 0.6 is 11.9 Å². The van der Waals surface area contributed by atoms with Gasteiger partial charge >= 0.3 is 12.1 Å². The number of hydrogen-bond donors (Lipinski definition) is 1. The van der Waals surface area contributed by atoms with Crippen LogP contribution < -0.4 is 0 Å². The zero-order chi connectivity index (χ0) is 18.0. The van der Waals surface area contributed by atoms with E-state index in [0.717, 1.165) is 22.6 Å². The van der Waals surface area contributed by atoms with Crippen molar-refractivity contribution in [2.75, 3.05) is 0 Å². The predicted molar refractivity (Wildman–Crippen MR) is 85.1 cm³/mol. The lowest BCUT2D eigenvalue weighted by Crippen LogP contribution is -2.03. The predicted octanol–water partition coefficient (Wildman–Crippen LogP) is 4.22. The summed E-state index contributed by atoms with van der Waals surface area (Å²) < 4.78 is 39.1. The molecule has 25 heavy (non-hydrogen) atoms. The lowest BCUT2D eigenvalue weighted by atomic mass is 10.0. The third-order valence-corrected chi connectivity index (χ3v) is 4.14. The zero-order valence-electron chi connectivity index (χ0n) is 12.4. The Kier molecular flexibility index (Phi) is 4.49. The van der Waals surface area contributed by atoms with Crippen molar-refractivity contribution >= 4 is 17.9 Å². The van der Waals surface area contributed by atoms with E-state index in [0.29, 0.717) is 5.56 Å². The van der Waals surface area contributed by atoms with Crippen LogP contribution in [-0.4, -0.2) is 25.5 Å². The molecule has 3 aromatic rings. The highest BCUT2D eigenvalue weighted by atomic mass is 32.2. The molecule has 128 valence electrons. The molecule has 0 aliphatic carbocycles. The molecule has 9 heteroatoms. The standard InChI is InChI=1S/C16H10F3N3O2S/c17-16(18,19)12-5-1-10(2-6-12)11-3-7-13(8-4-11)25-22-9-14(15(23)24)20-21-22/h1-9H,(H,23,24). The Morgan fingerprint density at radius 1 is 1.00 bits per heavy atom. The number of aromatic carboxylic acids is 1. The average Bonchev–Trinajstić information content (AvgIpc) is 3.04. The van der Waals surface area contributed by atoms with Crippen molar-refractivity contribution in [1.82, 2.24) is 14.4 Å². The van der Waals surface area contributed by atoms with Crippen molar-refractivity contribution < 1.29 is 23.1 Å². The van der Waals surface area contributed by atoms with Gasteiger partial charge in [-0.3, -0.25) is 0 Å². The minimum absolute atomic E-state index is 0.158. The van der Waals surface area contributed by atoms with Crippen molar-refractivity contribution in [3.8, 4) is 11.1 Å². The number of carbonyl (C=O) groups is 1. The van der Waals surface area contributed by atoms with Gasteiger partial charge < -0.3 is 5.11 Å².